The lowest BCUT2D eigenvalue weighted by Gasteiger charge is -2.12. The molecule has 6 nitrogen and oxygen atoms in total. The second kappa shape index (κ2) is 5.55. The smallest absolute Gasteiger partial charge is 0.220 e. The van der Waals surface area contributed by atoms with E-state index < -0.39 is 0 Å². The van der Waals surface area contributed by atoms with E-state index in [9.17, 15) is 9.90 Å². The van der Waals surface area contributed by atoms with E-state index in [1.807, 2.05) is 6.92 Å². The van der Waals surface area contributed by atoms with E-state index in [2.05, 4.69) is 10.2 Å². The molecule has 0 saturated carbocycles. The summed E-state index contributed by atoms with van der Waals surface area (Å²) in [6.07, 6.45) is 3.40. The zero-order valence-corrected chi connectivity index (χ0v) is 13.7. The molecule has 1 aromatic carbocycles. The molecule has 2 heterocycles. The van der Waals surface area contributed by atoms with Crippen LogP contribution in [0.4, 0.5) is 0 Å². The number of aromatic nitrogens is 4. The Labute approximate surface area is 137 Å². The number of carbonyl (C=O) groups is 1. The monoisotopic (exact) mass is 330 g/mol. The maximum atomic E-state index is 12.8. The van der Waals surface area contributed by atoms with Crippen LogP contribution >= 0.6 is 11.6 Å². The largest absolute Gasteiger partial charge is 0.493 e. The Kier molecular flexibility index (Phi) is 3.69. The highest BCUT2D eigenvalue weighted by molar-refractivity contribution is 6.37. The summed E-state index contributed by atoms with van der Waals surface area (Å²) in [4.78, 5) is 12.8. The highest BCUT2D eigenvalue weighted by atomic mass is 35.5. The molecule has 0 aliphatic carbocycles. The van der Waals surface area contributed by atoms with E-state index in [-0.39, 0.29) is 17.2 Å². The predicted molar refractivity (Wildman–Crippen MR) is 86.4 cm³/mol. The highest BCUT2D eigenvalue weighted by Crippen LogP contribution is 2.31. The number of ketones is 1. The van der Waals surface area contributed by atoms with Crippen LogP contribution in [-0.2, 0) is 7.05 Å². The van der Waals surface area contributed by atoms with Gasteiger partial charge in [-0.2, -0.15) is 10.2 Å². The molecule has 0 saturated heterocycles. The minimum atomic E-state index is -0.369. The van der Waals surface area contributed by atoms with Crippen LogP contribution in [0.5, 0.6) is 5.88 Å². The summed E-state index contributed by atoms with van der Waals surface area (Å²) in [5, 5.41) is 18.6. The van der Waals surface area contributed by atoms with Crippen molar-refractivity contribution in [2.75, 3.05) is 0 Å². The number of hydrogen-bond acceptors (Lipinski definition) is 4. The summed E-state index contributed by atoms with van der Waals surface area (Å²) in [6.45, 7) is 3.56. The summed E-state index contributed by atoms with van der Waals surface area (Å²) in [5.74, 6) is -0.545. The topological polar surface area (TPSA) is 72.9 Å². The molecule has 0 radical (unpaired) electrons. The number of nitrogens with zero attached hydrogens (tertiary/aromatic N) is 4. The number of carbonyl (C=O) groups excluding carboxylic acids is 1. The minimum absolute atomic E-state index is 0.157. The molecule has 0 amide bonds. The van der Waals surface area contributed by atoms with Gasteiger partial charge in [0.2, 0.25) is 11.7 Å². The number of hydrogen-bond donors (Lipinski definition) is 1. The Balaban J connectivity index is 2.18. The van der Waals surface area contributed by atoms with Crippen molar-refractivity contribution >= 4 is 17.4 Å². The van der Waals surface area contributed by atoms with Crippen molar-refractivity contribution in [1.82, 2.24) is 19.6 Å². The minimum Gasteiger partial charge on any atom is -0.493 e. The molecule has 3 aromatic rings. The summed E-state index contributed by atoms with van der Waals surface area (Å²) in [5.41, 5.74) is 2.44. The third-order valence-electron chi connectivity index (χ3n) is 3.72. The van der Waals surface area contributed by atoms with Crippen LogP contribution in [0, 0.1) is 13.8 Å². The van der Waals surface area contributed by atoms with Crippen molar-refractivity contribution in [3.8, 4) is 11.6 Å². The molecule has 1 N–H and O–H groups in total. The third-order valence-corrected chi connectivity index (χ3v) is 4.10. The average molecular weight is 331 g/mol. The molecule has 118 valence electrons. The fraction of sp³-hybridized carbons (Fsp3) is 0.188. The van der Waals surface area contributed by atoms with Crippen molar-refractivity contribution in [2.45, 2.75) is 13.8 Å². The molecular weight excluding hydrogens is 316 g/mol. The second-order valence-electron chi connectivity index (χ2n) is 5.28. The molecular formula is C16H15ClN4O2. The van der Waals surface area contributed by atoms with Gasteiger partial charge in [-0.25, -0.2) is 9.36 Å². The van der Waals surface area contributed by atoms with Crippen LogP contribution in [-0.4, -0.2) is 30.5 Å². The Morgan fingerprint density at radius 1 is 1.30 bits per heavy atom. The van der Waals surface area contributed by atoms with E-state index >= 15 is 0 Å². The first kappa shape index (κ1) is 15.3. The van der Waals surface area contributed by atoms with Crippen molar-refractivity contribution in [3.63, 3.8) is 0 Å². The molecule has 7 heteroatoms. The van der Waals surface area contributed by atoms with Crippen molar-refractivity contribution in [2.24, 2.45) is 7.05 Å². The van der Waals surface area contributed by atoms with Crippen LogP contribution in [0.15, 0.2) is 30.6 Å². The summed E-state index contributed by atoms with van der Waals surface area (Å²) in [6, 6.07) is 5.24. The predicted octanol–water partition coefficient (Wildman–Crippen LogP) is 2.81. The van der Waals surface area contributed by atoms with Crippen LogP contribution in [0.1, 0.15) is 27.2 Å². The quantitative estimate of drug-likeness (QED) is 0.749. The van der Waals surface area contributed by atoms with Gasteiger partial charge in [0.1, 0.15) is 5.56 Å². The fourth-order valence-corrected chi connectivity index (χ4v) is 2.95. The van der Waals surface area contributed by atoms with E-state index in [0.717, 1.165) is 5.56 Å². The molecule has 0 unspecified atom stereocenters. The van der Waals surface area contributed by atoms with E-state index in [0.29, 0.717) is 22.0 Å². The number of halogens is 1. The highest BCUT2D eigenvalue weighted by Gasteiger charge is 2.25. The van der Waals surface area contributed by atoms with Gasteiger partial charge in [0, 0.05) is 25.0 Å². The van der Waals surface area contributed by atoms with E-state index in [4.69, 9.17) is 11.6 Å². The lowest BCUT2D eigenvalue weighted by Crippen LogP contribution is -2.07. The van der Waals surface area contributed by atoms with E-state index in [1.165, 1.54) is 4.68 Å². The maximum Gasteiger partial charge on any atom is 0.220 e. The van der Waals surface area contributed by atoms with Gasteiger partial charge in [0.15, 0.2) is 0 Å². The van der Waals surface area contributed by atoms with Gasteiger partial charge in [0.05, 0.1) is 16.4 Å². The van der Waals surface area contributed by atoms with Crippen molar-refractivity contribution in [1.29, 1.82) is 0 Å². The third kappa shape index (κ3) is 2.41. The zero-order valence-electron chi connectivity index (χ0n) is 12.9. The van der Waals surface area contributed by atoms with Gasteiger partial charge in [-0.05, 0) is 31.5 Å². The van der Waals surface area contributed by atoms with Gasteiger partial charge in [0.25, 0.3) is 0 Å². The molecule has 0 aliphatic rings. The van der Waals surface area contributed by atoms with Gasteiger partial charge in [-0.1, -0.05) is 17.7 Å². The zero-order chi connectivity index (χ0) is 16.7. The Bertz CT molecular complexity index is 897. The molecule has 0 bridgehead atoms. The second-order valence-corrected chi connectivity index (χ2v) is 5.66. The van der Waals surface area contributed by atoms with Gasteiger partial charge in [-0.15, -0.1) is 0 Å². The van der Waals surface area contributed by atoms with Crippen LogP contribution < -0.4 is 0 Å². The van der Waals surface area contributed by atoms with Crippen LogP contribution in [0.2, 0.25) is 5.02 Å². The lowest BCUT2D eigenvalue weighted by molar-refractivity contribution is 0.103. The summed E-state index contributed by atoms with van der Waals surface area (Å²) >= 11 is 6.47. The summed E-state index contributed by atoms with van der Waals surface area (Å²) < 4.78 is 2.88. The fourth-order valence-electron chi connectivity index (χ4n) is 2.57. The van der Waals surface area contributed by atoms with Crippen LogP contribution in [0.25, 0.3) is 5.69 Å². The average Bonchev–Trinajstić information content (AvgIpc) is 3.08. The standard InChI is InChI=1S/C16H15ClN4O2/c1-9-5-6-11(13(17)14(9)21-8-4-7-18-21)15(22)12-10(2)19-20(3)16(12)23/h4-8,23H,1-3H3. The van der Waals surface area contributed by atoms with Crippen molar-refractivity contribution < 1.29 is 9.90 Å². The normalized spacial score (nSPS) is 11.0. The van der Waals surface area contributed by atoms with Crippen LogP contribution in [0.3, 0.4) is 0 Å². The van der Waals surface area contributed by atoms with Gasteiger partial charge in [-0.3, -0.25) is 4.79 Å². The molecule has 0 aliphatic heterocycles. The molecule has 0 fully saturated rings. The number of aromatic hydroxyl groups is 1. The lowest BCUT2D eigenvalue weighted by atomic mass is 10.0. The number of rotatable bonds is 3. The summed E-state index contributed by atoms with van der Waals surface area (Å²) in [7, 11) is 1.57. The Morgan fingerprint density at radius 2 is 2.04 bits per heavy atom. The van der Waals surface area contributed by atoms with Crippen molar-refractivity contribution in [3.05, 3.63) is 58.0 Å². The number of benzene rings is 1. The molecule has 2 aromatic heterocycles. The molecule has 0 atom stereocenters. The molecule has 23 heavy (non-hydrogen) atoms. The molecule has 3 rings (SSSR count). The Morgan fingerprint density at radius 3 is 2.61 bits per heavy atom. The Hall–Kier alpha value is -2.60. The SMILES string of the molecule is Cc1ccc(C(=O)c2c(C)nn(C)c2O)c(Cl)c1-n1cccn1. The molecule has 0 spiro atoms. The van der Waals surface area contributed by atoms with E-state index in [1.54, 1.807) is 49.2 Å². The number of aryl methyl sites for hydroxylation is 3. The first-order chi connectivity index (χ1) is 10.9. The van der Waals surface area contributed by atoms with Gasteiger partial charge < -0.3 is 5.11 Å². The van der Waals surface area contributed by atoms with Gasteiger partial charge >= 0.3 is 0 Å². The maximum absolute atomic E-state index is 12.8. The first-order valence-electron chi connectivity index (χ1n) is 6.98. The first-order valence-corrected chi connectivity index (χ1v) is 7.36.